The van der Waals surface area contributed by atoms with Crippen molar-refractivity contribution < 1.29 is 9.84 Å². The van der Waals surface area contributed by atoms with Crippen molar-refractivity contribution in [3.8, 4) is 17.1 Å². The summed E-state index contributed by atoms with van der Waals surface area (Å²) in [4.78, 5) is 12.9. The van der Waals surface area contributed by atoms with Gasteiger partial charge in [0.1, 0.15) is 23.2 Å². The molecule has 3 rings (SSSR count). The lowest BCUT2D eigenvalue weighted by Crippen LogP contribution is -2.06. The molecule has 3 aromatic rings. The standard InChI is InChI=1S/C17H15N3O2/c1-22-13-7-5-12(6-8-13)17(21)16-15(19-10-11-20-16)14-4-2-3-9-18-14/h2-11,17,21H,1H3. The second kappa shape index (κ2) is 6.32. The Bertz CT molecular complexity index is 745. The third-order valence-corrected chi connectivity index (χ3v) is 3.32. The molecule has 0 aliphatic rings. The zero-order chi connectivity index (χ0) is 15.4. The van der Waals surface area contributed by atoms with Gasteiger partial charge in [-0.05, 0) is 29.8 Å². The SMILES string of the molecule is COc1ccc(C(O)c2nccnc2-c2ccccn2)cc1. The number of aromatic nitrogens is 3. The van der Waals surface area contributed by atoms with Crippen LogP contribution < -0.4 is 4.74 Å². The maximum Gasteiger partial charge on any atom is 0.123 e. The van der Waals surface area contributed by atoms with Gasteiger partial charge >= 0.3 is 0 Å². The molecule has 0 fully saturated rings. The number of nitrogens with zero attached hydrogens (tertiary/aromatic N) is 3. The maximum atomic E-state index is 10.6. The van der Waals surface area contributed by atoms with Gasteiger partial charge in [0.25, 0.3) is 0 Å². The molecule has 1 aromatic carbocycles. The van der Waals surface area contributed by atoms with Gasteiger partial charge in [-0.25, -0.2) is 0 Å². The van der Waals surface area contributed by atoms with E-state index < -0.39 is 6.10 Å². The predicted octanol–water partition coefficient (Wildman–Crippen LogP) is 2.63. The number of pyridine rings is 1. The van der Waals surface area contributed by atoms with E-state index in [1.165, 1.54) is 0 Å². The minimum absolute atomic E-state index is 0.478. The van der Waals surface area contributed by atoms with Crippen LogP contribution in [0.2, 0.25) is 0 Å². The molecular weight excluding hydrogens is 278 g/mol. The van der Waals surface area contributed by atoms with E-state index in [0.717, 1.165) is 11.3 Å². The van der Waals surface area contributed by atoms with E-state index in [4.69, 9.17) is 4.74 Å². The minimum atomic E-state index is -0.878. The normalized spacial score (nSPS) is 11.9. The summed E-state index contributed by atoms with van der Waals surface area (Å²) in [6.07, 6.45) is 3.97. The summed E-state index contributed by atoms with van der Waals surface area (Å²) < 4.78 is 5.13. The quantitative estimate of drug-likeness (QED) is 0.801. The van der Waals surface area contributed by atoms with E-state index in [1.54, 1.807) is 50.0 Å². The number of aliphatic hydroxyl groups is 1. The first-order valence-corrected chi connectivity index (χ1v) is 6.84. The van der Waals surface area contributed by atoms with Crippen molar-refractivity contribution in [3.63, 3.8) is 0 Å². The average molecular weight is 293 g/mol. The van der Waals surface area contributed by atoms with Crippen molar-refractivity contribution in [2.75, 3.05) is 7.11 Å². The van der Waals surface area contributed by atoms with Crippen molar-refractivity contribution >= 4 is 0 Å². The van der Waals surface area contributed by atoms with Crippen LogP contribution in [0, 0.1) is 0 Å². The Morgan fingerprint density at radius 1 is 0.909 bits per heavy atom. The van der Waals surface area contributed by atoms with E-state index in [-0.39, 0.29) is 0 Å². The molecule has 0 saturated heterocycles. The molecule has 0 aliphatic carbocycles. The Hall–Kier alpha value is -2.79. The van der Waals surface area contributed by atoms with Gasteiger partial charge in [-0.3, -0.25) is 15.0 Å². The Kier molecular flexibility index (Phi) is 4.07. The number of methoxy groups -OCH3 is 1. The lowest BCUT2D eigenvalue weighted by molar-refractivity contribution is 0.215. The molecule has 1 N–H and O–H groups in total. The highest BCUT2D eigenvalue weighted by Crippen LogP contribution is 2.28. The van der Waals surface area contributed by atoms with Gasteiger partial charge in [0.05, 0.1) is 12.8 Å². The van der Waals surface area contributed by atoms with Crippen molar-refractivity contribution in [2.45, 2.75) is 6.10 Å². The van der Waals surface area contributed by atoms with Crippen LogP contribution in [-0.2, 0) is 0 Å². The molecule has 0 saturated carbocycles. The Balaban J connectivity index is 2.00. The van der Waals surface area contributed by atoms with Crippen LogP contribution >= 0.6 is 0 Å². The number of ether oxygens (including phenoxy) is 1. The number of benzene rings is 1. The zero-order valence-electron chi connectivity index (χ0n) is 12.0. The fourth-order valence-electron chi connectivity index (χ4n) is 2.19. The molecule has 110 valence electrons. The number of aliphatic hydroxyl groups excluding tert-OH is 1. The molecule has 2 aromatic heterocycles. The predicted molar refractivity (Wildman–Crippen MR) is 82.3 cm³/mol. The van der Waals surface area contributed by atoms with Gasteiger partial charge in [0.15, 0.2) is 0 Å². The van der Waals surface area contributed by atoms with Gasteiger partial charge in [-0.15, -0.1) is 0 Å². The summed E-state index contributed by atoms with van der Waals surface area (Å²) in [6.45, 7) is 0. The van der Waals surface area contributed by atoms with Crippen molar-refractivity contribution in [1.82, 2.24) is 15.0 Å². The Morgan fingerprint density at radius 3 is 2.36 bits per heavy atom. The van der Waals surface area contributed by atoms with Gasteiger partial charge in [0.2, 0.25) is 0 Å². The molecule has 1 atom stereocenters. The molecule has 5 heteroatoms. The van der Waals surface area contributed by atoms with E-state index in [9.17, 15) is 5.11 Å². The number of rotatable bonds is 4. The molecule has 2 heterocycles. The van der Waals surface area contributed by atoms with Gasteiger partial charge in [0, 0.05) is 18.6 Å². The smallest absolute Gasteiger partial charge is 0.123 e. The van der Waals surface area contributed by atoms with Crippen LogP contribution in [0.4, 0.5) is 0 Å². The molecule has 1 unspecified atom stereocenters. The monoisotopic (exact) mass is 293 g/mol. The van der Waals surface area contributed by atoms with Crippen molar-refractivity contribution in [2.24, 2.45) is 0 Å². The fourth-order valence-corrected chi connectivity index (χ4v) is 2.19. The highest BCUT2D eigenvalue weighted by molar-refractivity contribution is 5.58. The van der Waals surface area contributed by atoms with Crippen LogP contribution in [0.25, 0.3) is 11.4 Å². The van der Waals surface area contributed by atoms with Crippen molar-refractivity contribution in [3.05, 3.63) is 72.3 Å². The fraction of sp³-hybridized carbons (Fsp3) is 0.118. The third kappa shape index (κ3) is 2.80. The molecule has 0 radical (unpaired) electrons. The molecule has 0 aliphatic heterocycles. The van der Waals surface area contributed by atoms with Crippen LogP contribution in [0.1, 0.15) is 17.4 Å². The van der Waals surface area contributed by atoms with E-state index in [0.29, 0.717) is 17.1 Å². The minimum Gasteiger partial charge on any atom is -0.497 e. The molecular formula is C17H15N3O2. The molecule has 0 amide bonds. The largest absolute Gasteiger partial charge is 0.497 e. The summed E-state index contributed by atoms with van der Waals surface area (Å²) in [5.74, 6) is 0.736. The molecule has 5 nitrogen and oxygen atoms in total. The van der Waals surface area contributed by atoms with Crippen LogP contribution in [-0.4, -0.2) is 27.2 Å². The van der Waals surface area contributed by atoms with Crippen LogP contribution in [0.15, 0.2) is 61.1 Å². The van der Waals surface area contributed by atoms with Crippen molar-refractivity contribution in [1.29, 1.82) is 0 Å². The second-order valence-corrected chi connectivity index (χ2v) is 4.68. The van der Waals surface area contributed by atoms with Gasteiger partial charge < -0.3 is 9.84 Å². The van der Waals surface area contributed by atoms with Gasteiger partial charge in [-0.2, -0.15) is 0 Å². The first-order chi connectivity index (χ1) is 10.8. The van der Waals surface area contributed by atoms with Gasteiger partial charge in [-0.1, -0.05) is 18.2 Å². The maximum absolute atomic E-state index is 10.6. The lowest BCUT2D eigenvalue weighted by atomic mass is 10.0. The number of hydrogen-bond acceptors (Lipinski definition) is 5. The highest BCUT2D eigenvalue weighted by Gasteiger charge is 2.18. The molecule has 0 bridgehead atoms. The summed E-state index contributed by atoms with van der Waals surface area (Å²) in [5.41, 5.74) is 2.45. The summed E-state index contributed by atoms with van der Waals surface area (Å²) in [7, 11) is 1.60. The topological polar surface area (TPSA) is 68.1 Å². The Labute approximate surface area is 128 Å². The van der Waals surface area contributed by atoms with Crippen LogP contribution in [0.5, 0.6) is 5.75 Å². The summed E-state index contributed by atoms with van der Waals surface area (Å²) in [5, 5.41) is 10.6. The first-order valence-electron chi connectivity index (χ1n) is 6.84. The van der Waals surface area contributed by atoms with E-state index in [2.05, 4.69) is 15.0 Å². The Morgan fingerprint density at radius 2 is 1.68 bits per heavy atom. The highest BCUT2D eigenvalue weighted by atomic mass is 16.5. The van der Waals surface area contributed by atoms with E-state index >= 15 is 0 Å². The lowest BCUT2D eigenvalue weighted by Gasteiger charge is -2.14. The average Bonchev–Trinajstić information content (AvgIpc) is 2.62. The third-order valence-electron chi connectivity index (χ3n) is 3.32. The zero-order valence-corrected chi connectivity index (χ0v) is 12.0. The molecule has 0 spiro atoms. The van der Waals surface area contributed by atoms with E-state index in [1.807, 2.05) is 18.2 Å². The van der Waals surface area contributed by atoms with Crippen LogP contribution in [0.3, 0.4) is 0 Å². The summed E-state index contributed by atoms with van der Waals surface area (Å²) in [6, 6.07) is 12.8. The number of hydrogen-bond donors (Lipinski definition) is 1. The first kappa shape index (κ1) is 14.2. The molecule has 22 heavy (non-hydrogen) atoms. The second-order valence-electron chi connectivity index (χ2n) is 4.68. The summed E-state index contributed by atoms with van der Waals surface area (Å²) >= 11 is 0.